The highest BCUT2D eigenvalue weighted by molar-refractivity contribution is 5.88. The van der Waals surface area contributed by atoms with Crippen molar-refractivity contribution in [3.8, 4) is 6.07 Å². The van der Waals surface area contributed by atoms with Gasteiger partial charge < -0.3 is 14.1 Å². The summed E-state index contributed by atoms with van der Waals surface area (Å²) in [6.45, 7) is 1.77. The van der Waals surface area contributed by atoms with Crippen LogP contribution < -0.4 is 0 Å². The fourth-order valence-electron chi connectivity index (χ4n) is 1.33. The normalized spacial score (nSPS) is 10.2. The van der Waals surface area contributed by atoms with Crippen molar-refractivity contribution in [2.75, 3.05) is 20.2 Å². The van der Waals surface area contributed by atoms with Crippen molar-refractivity contribution < 1.29 is 18.7 Å². The Balaban J connectivity index is 2.34. The molecule has 1 aromatic rings. The van der Waals surface area contributed by atoms with Crippen LogP contribution in [-0.2, 0) is 14.3 Å². The van der Waals surface area contributed by atoms with Gasteiger partial charge in [0, 0.05) is 19.7 Å². The van der Waals surface area contributed by atoms with Crippen molar-refractivity contribution >= 4 is 18.0 Å². The lowest BCUT2D eigenvalue weighted by Gasteiger charge is -2.14. The lowest BCUT2D eigenvalue weighted by atomic mass is 10.4. The maximum absolute atomic E-state index is 11.5. The number of hydrogen-bond donors (Lipinski definition) is 0. The average Bonchev–Trinajstić information content (AvgIpc) is 2.85. The van der Waals surface area contributed by atoms with Crippen LogP contribution >= 0.6 is 0 Å². The summed E-state index contributed by atoms with van der Waals surface area (Å²) in [5.74, 6) is 0.307. The van der Waals surface area contributed by atoms with Crippen molar-refractivity contribution in [2.45, 2.75) is 13.3 Å². The molecule has 1 amide bonds. The van der Waals surface area contributed by atoms with Crippen molar-refractivity contribution in [3.05, 3.63) is 29.7 Å². The quantitative estimate of drug-likeness (QED) is 0.581. The second-order valence-electron chi connectivity index (χ2n) is 4.11. The number of rotatable bonds is 6. The van der Waals surface area contributed by atoms with Gasteiger partial charge in [0.05, 0.1) is 12.5 Å². The first-order valence-corrected chi connectivity index (χ1v) is 6.05. The fraction of sp³-hybridized carbons (Fsp3) is 0.357. The Morgan fingerprint density at radius 1 is 1.50 bits per heavy atom. The SMILES string of the molecule is Cc1ccc(C=CC(=O)OCC(=O)N(C)CCC#N)o1. The maximum Gasteiger partial charge on any atom is 0.331 e. The first-order valence-electron chi connectivity index (χ1n) is 6.05. The Labute approximate surface area is 117 Å². The minimum absolute atomic E-state index is 0.244. The van der Waals surface area contributed by atoms with E-state index in [2.05, 4.69) is 0 Å². The van der Waals surface area contributed by atoms with Gasteiger partial charge in [0.25, 0.3) is 5.91 Å². The molecule has 0 aliphatic heterocycles. The standard InChI is InChI=1S/C14H16N2O4/c1-11-4-5-12(20-11)6-7-14(18)19-10-13(17)16(2)9-3-8-15/h4-7H,3,9-10H2,1-2H3. The number of ether oxygens (including phenoxy) is 1. The van der Waals surface area contributed by atoms with Crippen LogP contribution in [0.5, 0.6) is 0 Å². The zero-order valence-corrected chi connectivity index (χ0v) is 11.5. The van der Waals surface area contributed by atoms with E-state index >= 15 is 0 Å². The Kier molecular flexibility index (Phi) is 6.04. The highest BCUT2D eigenvalue weighted by atomic mass is 16.5. The van der Waals surface area contributed by atoms with Gasteiger partial charge in [-0.25, -0.2) is 4.79 Å². The van der Waals surface area contributed by atoms with Crippen molar-refractivity contribution in [1.82, 2.24) is 4.90 Å². The molecule has 0 saturated heterocycles. The van der Waals surface area contributed by atoms with Crippen LogP contribution in [0.3, 0.4) is 0 Å². The molecule has 1 aromatic heterocycles. The molecule has 0 unspecified atom stereocenters. The van der Waals surface area contributed by atoms with Gasteiger partial charge in [-0.2, -0.15) is 5.26 Å². The predicted octanol–water partition coefficient (Wildman–Crippen LogP) is 1.52. The van der Waals surface area contributed by atoms with Crippen LogP contribution in [0, 0.1) is 18.3 Å². The topological polar surface area (TPSA) is 83.5 Å². The van der Waals surface area contributed by atoms with E-state index in [1.54, 1.807) is 26.1 Å². The van der Waals surface area contributed by atoms with E-state index in [0.29, 0.717) is 12.3 Å². The lowest BCUT2D eigenvalue weighted by molar-refractivity contribution is -0.147. The van der Waals surface area contributed by atoms with Crippen LogP contribution in [0.1, 0.15) is 17.9 Å². The first-order chi connectivity index (χ1) is 9.52. The van der Waals surface area contributed by atoms with E-state index in [1.165, 1.54) is 17.1 Å². The summed E-state index contributed by atoms with van der Waals surface area (Å²) >= 11 is 0. The minimum Gasteiger partial charge on any atom is -0.462 e. The smallest absolute Gasteiger partial charge is 0.331 e. The molecule has 0 aliphatic carbocycles. The average molecular weight is 276 g/mol. The zero-order chi connectivity index (χ0) is 15.0. The molecule has 0 atom stereocenters. The Hall–Kier alpha value is -2.55. The van der Waals surface area contributed by atoms with Crippen LogP contribution in [0.2, 0.25) is 0 Å². The molecule has 1 rings (SSSR count). The Morgan fingerprint density at radius 3 is 2.85 bits per heavy atom. The fourth-order valence-corrected chi connectivity index (χ4v) is 1.33. The number of amides is 1. The van der Waals surface area contributed by atoms with Gasteiger partial charge in [0.15, 0.2) is 6.61 Å². The van der Waals surface area contributed by atoms with Gasteiger partial charge in [0.2, 0.25) is 0 Å². The summed E-state index contributed by atoms with van der Waals surface area (Å²) in [6, 6.07) is 5.43. The summed E-state index contributed by atoms with van der Waals surface area (Å²) in [5, 5.41) is 8.40. The van der Waals surface area contributed by atoms with Gasteiger partial charge in [-0.05, 0) is 25.1 Å². The van der Waals surface area contributed by atoms with Gasteiger partial charge in [-0.15, -0.1) is 0 Å². The van der Waals surface area contributed by atoms with Crippen LogP contribution in [0.15, 0.2) is 22.6 Å². The summed E-state index contributed by atoms with van der Waals surface area (Å²) in [6.07, 6.45) is 2.91. The molecule has 0 fully saturated rings. The van der Waals surface area contributed by atoms with Crippen LogP contribution in [0.4, 0.5) is 0 Å². The lowest BCUT2D eigenvalue weighted by Crippen LogP contribution is -2.31. The molecule has 6 heteroatoms. The third kappa shape index (κ3) is 5.40. The highest BCUT2D eigenvalue weighted by Gasteiger charge is 2.10. The van der Waals surface area contributed by atoms with E-state index in [9.17, 15) is 9.59 Å². The molecule has 0 aromatic carbocycles. The molecule has 0 bridgehead atoms. The molecule has 0 spiro atoms. The van der Waals surface area contributed by atoms with E-state index in [-0.39, 0.29) is 18.9 Å². The summed E-state index contributed by atoms with van der Waals surface area (Å²) in [5.41, 5.74) is 0. The minimum atomic E-state index is -0.624. The number of likely N-dealkylation sites (N-methyl/N-ethyl adjacent to an activating group) is 1. The second kappa shape index (κ2) is 7.79. The van der Waals surface area contributed by atoms with Gasteiger partial charge in [0.1, 0.15) is 11.5 Å². The number of furan rings is 1. The summed E-state index contributed by atoms with van der Waals surface area (Å²) < 4.78 is 10.0. The largest absolute Gasteiger partial charge is 0.462 e. The zero-order valence-electron chi connectivity index (χ0n) is 11.5. The predicted molar refractivity (Wildman–Crippen MR) is 71.3 cm³/mol. The van der Waals surface area contributed by atoms with Gasteiger partial charge in [-0.3, -0.25) is 4.79 Å². The number of esters is 1. The number of hydrogen-bond acceptors (Lipinski definition) is 5. The third-order valence-electron chi connectivity index (χ3n) is 2.47. The van der Waals surface area contributed by atoms with Crippen LogP contribution in [-0.4, -0.2) is 37.0 Å². The molecular formula is C14H16N2O4. The maximum atomic E-state index is 11.5. The number of carbonyl (C=O) groups is 2. The number of carbonyl (C=O) groups excluding carboxylic acids is 2. The first kappa shape index (κ1) is 15.5. The number of aryl methyl sites for hydroxylation is 1. The summed E-state index contributed by atoms with van der Waals surface area (Å²) in [7, 11) is 1.55. The Morgan fingerprint density at radius 2 is 2.25 bits per heavy atom. The van der Waals surface area contributed by atoms with Crippen LogP contribution in [0.25, 0.3) is 6.08 Å². The number of nitrogens with zero attached hydrogens (tertiary/aromatic N) is 2. The Bertz CT molecular complexity index is 540. The van der Waals surface area contributed by atoms with Crippen molar-refractivity contribution in [2.24, 2.45) is 0 Å². The van der Waals surface area contributed by atoms with Gasteiger partial charge in [-0.1, -0.05) is 0 Å². The van der Waals surface area contributed by atoms with E-state index in [1.807, 2.05) is 6.07 Å². The van der Waals surface area contributed by atoms with Crippen molar-refractivity contribution in [1.29, 1.82) is 5.26 Å². The molecule has 0 N–H and O–H groups in total. The van der Waals surface area contributed by atoms with E-state index in [4.69, 9.17) is 14.4 Å². The molecule has 6 nitrogen and oxygen atoms in total. The molecule has 106 valence electrons. The molecule has 0 saturated carbocycles. The van der Waals surface area contributed by atoms with E-state index in [0.717, 1.165) is 5.76 Å². The molecule has 0 radical (unpaired) electrons. The highest BCUT2D eigenvalue weighted by Crippen LogP contribution is 2.07. The molecule has 0 aliphatic rings. The second-order valence-corrected chi connectivity index (χ2v) is 4.11. The molecular weight excluding hydrogens is 260 g/mol. The molecule has 20 heavy (non-hydrogen) atoms. The monoisotopic (exact) mass is 276 g/mol. The van der Waals surface area contributed by atoms with Gasteiger partial charge >= 0.3 is 5.97 Å². The summed E-state index contributed by atoms with van der Waals surface area (Å²) in [4.78, 5) is 24.3. The third-order valence-corrected chi connectivity index (χ3v) is 2.47. The van der Waals surface area contributed by atoms with Crippen molar-refractivity contribution in [3.63, 3.8) is 0 Å². The molecule has 1 heterocycles. The number of nitriles is 1. The van der Waals surface area contributed by atoms with E-state index < -0.39 is 5.97 Å².